The van der Waals surface area contributed by atoms with Crippen LogP contribution in [0.5, 0.6) is 0 Å². The molecule has 0 aliphatic heterocycles. The van der Waals surface area contributed by atoms with E-state index in [1.54, 1.807) is 0 Å². The minimum Gasteiger partial charge on any atom is -0.322 e. The van der Waals surface area contributed by atoms with Crippen molar-refractivity contribution in [2.75, 3.05) is 0 Å². The number of nitrogens with zero attached hydrogens (tertiary/aromatic N) is 5. The molecule has 1 fully saturated rings. The Labute approximate surface area is 196 Å². The number of hydrogen-bond donors (Lipinski definition) is 1. The second-order valence-electron chi connectivity index (χ2n) is 10.2. The molecule has 1 N–H and O–H groups in total. The third-order valence-electron chi connectivity index (χ3n) is 7.42. The molecule has 0 radical (unpaired) electrons. The topological polar surface area (TPSA) is 79.7 Å². The smallest absolute Gasteiger partial charge is 0.252 e. The van der Waals surface area contributed by atoms with E-state index < -0.39 is 0 Å². The molecule has 3 aromatic rings. The number of aromatic amines is 1. The average Bonchev–Trinajstić information content (AvgIpc) is 3.49. The predicted molar refractivity (Wildman–Crippen MR) is 132 cm³/mol. The van der Waals surface area contributed by atoms with Gasteiger partial charge in [0.15, 0.2) is 5.82 Å². The van der Waals surface area contributed by atoms with Crippen molar-refractivity contribution in [1.82, 2.24) is 30.1 Å². The van der Waals surface area contributed by atoms with Crippen LogP contribution in [0.1, 0.15) is 95.6 Å². The molecule has 178 valence electrons. The molecule has 7 nitrogen and oxygen atoms in total. The molecule has 1 aliphatic rings. The second-order valence-corrected chi connectivity index (χ2v) is 10.2. The van der Waals surface area contributed by atoms with Crippen LogP contribution in [0.4, 0.5) is 0 Å². The normalized spacial score (nSPS) is 16.2. The molecular weight excluding hydrogens is 412 g/mol. The summed E-state index contributed by atoms with van der Waals surface area (Å²) in [6.07, 6.45) is 7.71. The third kappa shape index (κ3) is 4.88. The zero-order valence-electron chi connectivity index (χ0n) is 20.8. The number of pyridine rings is 1. The molecule has 7 heteroatoms. The van der Waals surface area contributed by atoms with E-state index in [2.05, 4.69) is 72.2 Å². The number of hydrogen-bond acceptors (Lipinski definition) is 5. The van der Waals surface area contributed by atoms with Crippen molar-refractivity contribution >= 4 is 10.9 Å². The summed E-state index contributed by atoms with van der Waals surface area (Å²) in [5.41, 5.74) is 2.73. The monoisotopic (exact) mass is 450 g/mol. The minimum absolute atomic E-state index is 0.00178. The summed E-state index contributed by atoms with van der Waals surface area (Å²) in [6.45, 7) is 11.4. The molecule has 1 atom stereocenters. The predicted octanol–water partition coefficient (Wildman–Crippen LogP) is 5.25. The van der Waals surface area contributed by atoms with Crippen LogP contribution >= 0.6 is 0 Å². The van der Waals surface area contributed by atoms with Crippen molar-refractivity contribution in [3.8, 4) is 0 Å². The molecular formula is C26H38N6O. The first kappa shape index (κ1) is 23.6. The molecule has 4 rings (SSSR count). The molecule has 1 aromatic carbocycles. The Balaban J connectivity index is 1.77. The largest absolute Gasteiger partial charge is 0.322 e. The number of tetrazole rings is 1. The third-order valence-corrected chi connectivity index (χ3v) is 7.42. The number of aromatic nitrogens is 5. The molecule has 33 heavy (non-hydrogen) atoms. The molecule has 0 bridgehead atoms. The van der Waals surface area contributed by atoms with Crippen LogP contribution in [-0.2, 0) is 12.1 Å². The van der Waals surface area contributed by atoms with E-state index in [0.29, 0.717) is 12.6 Å². The number of aryl methyl sites for hydroxylation is 1. The lowest BCUT2D eigenvalue weighted by atomic mass is 9.99. The van der Waals surface area contributed by atoms with E-state index >= 15 is 0 Å². The van der Waals surface area contributed by atoms with Crippen molar-refractivity contribution in [3.05, 3.63) is 51.6 Å². The Morgan fingerprint density at radius 1 is 1.21 bits per heavy atom. The van der Waals surface area contributed by atoms with Gasteiger partial charge in [-0.05, 0) is 80.5 Å². The Kier molecular flexibility index (Phi) is 6.98. The first-order valence-corrected chi connectivity index (χ1v) is 12.5. The van der Waals surface area contributed by atoms with Gasteiger partial charge in [-0.3, -0.25) is 9.69 Å². The molecule has 1 aliphatic carbocycles. The van der Waals surface area contributed by atoms with Gasteiger partial charge in [0.25, 0.3) is 5.56 Å². The lowest BCUT2D eigenvalue weighted by Gasteiger charge is -2.37. The lowest BCUT2D eigenvalue weighted by molar-refractivity contribution is 0.102. The van der Waals surface area contributed by atoms with Gasteiger partial charge in [0.05, 0.1) is 11.6 Å². The van der Waals surface area contributed by atoms with Crippen LogP contribution in [0.2, 0.25) is 0 Å². The molecule has 0 saturated heterocycles. The van der Waals surface area contributed by atoms with Gasteiger partial charge in [-0.2, -0.15) is 0 Å². The standard InChI is InChI=1S/C26H38N6O/c1-6-10-23(24-28-29-30-32(24)26(4,5)7-2)31(21-11-8-9-12-21)17-20-16-19-15-18(3)13-14-22(19)27-25(20)33/h13-16,21,23H,6-12,17H2,1-5H3,(H,27,33)/t23-/m0/s1. The Morgan fingerprint density at radius 3 is 2.67 bits per heavy atom. The van der Waals surface area contributed by atoms with Crippen LogP contribution in [-0.4, -0.2) is 36.1 Å². The summed E-state index contributed by atoms with van der Waals surface area (Å²) in [4.78, 5) is 18.7. The lowest BCUT2D eigenvalue weighted by Crippen LogP contribution is -2.41. The van der Waals surface area contributed by atoms with E-state index in [1.807, 2.05) is 16.8 Å². The summed E-state index contributed by atoms with van der Waals surface area (Å²) >= 11 is 0. The molecule has 2 heterocycles. The Hall–Kier alpha value is -2.54. The first-order chi connectivity index (χ1) is 15.8. The van der Waals surface area contributed by atoms with Crippen LogP contribution in [0.3, 0.4) is 0 Å². The number of H-pyrrole nitrogens is 1. The van der Waals surface area contributed by atoms with Gasteiger partial charge >= 0.3 is 0 Å². The number of fused-ring (bicyclic) bond motifs is 1. The zero-order valence-corrected chi connectivity index (χ0v) is 20.8. The van der Waals surface area contributed by atoms with Gasteiger partial charge in [-0.15, -0.1) is 5.10 Å². The van der Waals surface area contributed by atoms with Gasteiger partial charge in [-0.1, -0.05) is 44.7 Å². The van der Waals surface area contributed by atoms with E-state index in [0.717, 1.165) is 54.4 Å². The average molecular weight is 451 g/mol. The van der Waals surface area contributed by atoms with E-state index in [1.165, 1.54) is 18.4 Å². The molecule has 0 spiro atoms. The van der Waals surface area contributed by atoms with Gasteiger partial charge in [0.1, 0.15) is 0 Å². The SMILES string of the molecule is CCC[C@@H](c1nnnn1C(C)(C)CC)N(Cc1cc2cc(C)ccc2[nH]c1=O)C1CCCC1. The summed E-state index contributed by atoms with van der Waals surface area (Å²) < 4.78 is 2.02. The number of rotatable bonds is 9. The molecule has 0 amide bonds. The summed E-state index contributed by atoms with van der Waals surface area (Å²) in [5.74, 6) is 0.920. The van der Waals surface area contributed by atoms with Crippen molar-refractivity contribution < 1.29 is 0 Å². The molecule has 0 unspecified atom stereocenters. The maximum atomic E-state index is 13.1. The number of benzene rings is 1. The summed E-state index contributed by atoms with van der Waals surface area (Å²) in [5, 5.41) is 14.1. The van der Waals surface area contributed by atoms with Crippen molar-refractivity contribution in [2.45, 2.75) is 104 Å². The van der Waals surface area contributed by atoms with E-state index in [-0.39, 0.29) is 17.1 Å². The maximum Gasteiger partial charge on any atom is 0.252 e. The van der Waals surface area contributed by atoms with Crippen molar-refractivity contribution in [2.24, 2.45) is 0 Å². The highest BCUT2D eigenvalue weighted by Gasteiger charge is 2.35. The van der Waals surface area contributed by atoms with Crippen LogP contribution in [0.15, 0.2) is 29.1 Å². The van der Waals surface area contributed by atoms with Gasteiger partial charge < -0.3 is 4.98 Å². The summed E-state index contributed by atoms with van der Waals surface area (Å²) in [6, 6.07) is 8.75. The van der Waals surface area contributed by atoms with Crippen molar-refractivity contribution in [3.63, 3.8) is 0 Å². The van der Waals surface area contributed by atoms with Crippen LogP contribution in [0.25, 0.3) is 10.9 Å². The molecule has 2 aromatic heterocycles. The Bertz CT molecular complexity index is 1140. The quantitative estimate of drug-likeness (QED) is 0.481. The summed E-state index contributed by atoms with van der Waals surface area (Å²) in [7, 11) is 0. The van der Waals surface area contributed by atoms with Crippen molar-refractivity contribution in [1.29, 1.82) is 0 Å². The minimum atomic E-state index is -0.163. The highest BCUT2D eigenvalue weighted by molar-refractivity contribution is 5.79. The first-order valence-electron chi connectivity index (χ1n) is 12.5. The highest BCUT2D eigenvalue weighted by atomic mass is 16.1. The second kappa shape index (κ2) is 9.75. The fraction of sp³-hybridized carbons (Fsp3) is 0.615. The number of nitrogens with one attached hydrogen (secondary N) is 1. The fourth-order valence-electron chi connectivity index (χ4n) is 5.11. The van der Waals surface area contributed by atoms with Crippen LogP contribution < -0.4 is 5.56 Å². The van der Waals surface area contributed by atoms with E-state index in [9.17, 15) is 4.79 Å². The highest BCUT2D eigenvalue weighted by Crippen LogP contribution is 2.36. The van der Waals surface area contributed by atoms with Crippen LogP contribution in [0, 0.1) is 6.92 Å². The molecule has 1 saturated carbocycles. The van der Waals surface area contributed by atoms with Gasteiger partial charge in [0.2, 0.25) is 0 Å². The zero-order chi connectivity index (χ0) is 23.6. The van der Waals surface area contributed by atoms with Gasteiger partial charge in [0, 0.05) is 23.7 Å². The maximum absolute atomic E-state index is 13.1. The fourth-order valence-corrected chi connectivity index (χ4v) is 5.11. The van der Waals surface area contributed by atoms with E-state index in [4.69, 9.17) is 0 Å². The Morgan fingerprint density at radius 2 is 1.97 bits per heavy atom. The van der Waals surface area contributed by atoms with Gasteiger partial charge in [-0.25, -0.2) is 4.68 Å².